The van der Waals surface area contributed by atoms with Gasteiger partial charge in [0.05, 0.1) is 48.5 Å². The number of carbonyl (C=O) groups is 2. The summed E-state index contributed by atoms with van der Waals surface area (Å²) in [6.45, 7) is 3.98. The van der Waals surface area contributed by atoms with Crippen LogP contribution < -0.4 is 0 Å². The predicted molar refractivity (Wildman–Crippen MR) is 137 cm³/mol. The lowest BCUT2D eigenvalue weighted by atomic mass is 10.0. The molecule has 2 fully saturated rings. The number of hydrogen-bond donors (Lipinski definition) is 2. The summed E-state index contributed by atoms with van der Waals surface area (Å²) >= 11 is 0. The Kier molecular flexibility index (Phi) is 6.25. The third kappa shape index (κ3) is 4.32. The average Bonchev–Trinajstić information content (AvgIpc) is 3.32. The van der Waals surface area contributed by atoms with Crippen LogP contribution in [0.1, 0.15) is 26.4 Å². The van der Waals surface area contributed by atoms with E-state index in [0.717, 1.165) is 0 Å². The van der Waals surface area contributed by atoms with Gasteiger partial charge in [-0.25, -0.2) is 4.68 Å². The van der Waals surface area contributed by atoms with E-state index >= 15 is 0 Å². The minimum atomic E-state index is -3.15. The molecule has 0 saturated carbocycles. The molecule has 4 heterocycles. The second-order valence-corrected chi connectivity index (χ2v) is 11.3. The molecule has 0 atom stereocenters. The molecule has 3 aliphatic heterocycles. The third-order valence-corrected chi connectivity index (χ3v) is 8.73. The van der Waals surface area contributed by atoms with Crippen molar-refractivity contribution in [3.8, 4) is 16.9 Å². The molecule has 2 saturated heterocycles. The molecule has 2 N–H and O–H groups in total. The molecule has 0 spiro atoms. The van der Waals surface area contributed by atoms with Crippen molar-refractivity contribution in [3.05, 3.63) is 65.4 Å². The SMILES string of the molecule is O=C(c1ccc(-n2nc(C(=O)N3CCOCC3)c3c2-c2ccccc2S(O)(O)C3)cc1)N1CCOCC1. The zero-order chi connectivity index (χ0) is 25.6. The second kappa shape index (κ2) is 9.58. The van der Waals surface area contributed by atoms with E-state index in [1.807, 2.05) is 12.1 Å². The number of ether oxygens (including phenoxy) is 2. The van der Waals surface area contributed by atoms with Crippen molar-refractivity contribution in [2.24, 2.45) is 0 Å². The fourth-order valence-corrected chi connectivity index (χ4v) is 6.70. The Bertz CT molecular complexity index is 1340. The maximum Gasteiger partial charge on any atom is 0.274 e. The Morgan fingerprint density at radius 2 is 1.41 bits per heavy atom. The molecule has 3 aliphatic rings. The van der Waals surface area contributed by atoms with E-state index in [-0.39, 0.29) is 23.3 Å². The molecule has 194 valence electrons. The van der Waals surface area contributed by atoms with Crippen LogP contribution in [0.2, 0.25) is 0 Å². The van der Waals surface area contributed by atoms with E-state index in [1.54, 1.807) is 50.9 Å². The lowest BCUT2D eigenvalue weighted by molar-refractivity contribution is 0.0298. The second-order valence-electron chi connectivity index (χ2n) is 9.25. The summed E-state index contributed by atoms with van der Waals surface area (Å²) in [6.07, 6.45) is 0. The Morgan fingerprint density at radius 3 is 2.05 bits per heavy atom. The number of fused-ring (bicyclic) bond motifs is 3. The minimum absolute atomic E-state index is 0.0557. The van der Waals surface area contributed by atoms with Crippen molar-refractivity contribution in [2.45, 2.75) is 10.6 Å². The first-order chi connectivity index (χ1) is 17.9. The van der Waals surface area contributed by atoms with E-state index in [9.17, 15) is 18.7 Å². The average molecular weight is 525 g/mol. The van der Waals surface area contributed by atoms with Crippen LogP contribution in [0, 0.1) is 0 Å². The number of morpholine rings is 2. The number of hydrogen-bond acceptors (Lipinski definition) is 7. The van der Waals surface area contributed by atoms with Gasteiger partial charge in [0.25, 0.3) is 11.8 Å². The standard InChI is InChI=1S/C26H28N4O6S/c31-25(28-9-13-35-14-10-28)18-5-7-19(8-6-18)30-24-20-3-1-2-4-22(20)37(33,34)17-21(24)23(27-30)26(32)29-11-15-36-16-12-29/h1-8,33-34H,9-17H2. The van der Waals surface area contributed by atoms with Crippen LogP contribution in [0.3, 0.4) is 0 Å². The van der Waals surface area contributed by atoms with E-state index in [2.05, 4.69) is 0 Å². The van der Waals surface area contributed by atoms with Gasteiger partial charge in [-0.3, -0.25) is 18.7 Å². The first-order valence-electron chi connectivity index (χ1n) is 12.3. The molecule has 0 bridgehead atoms. The summed E-state index contributed by atoms with van der Waals surface area (Å²) in [5.41, 5.74) is 3.25. The van der Waals surface area contributed by atoms with Crippen LogP contribution in [0.4, 0.5) is 0 Å². The van der Waals surface area contributed by atoms with Crippen LogP contribution in [0.15, 0.2) is 53.4 Å². The van der Waals surface area contributed by atoms with Gasteiger partial charge in [0.2, 0.25) is 0 Å². The largest absolute Gasteiger partial charge is 0.378 e. The fourth-order valence-electron chi connectivity index (χ4n) is 5.06. The molecule has 1 aromatic heterocycles. The topological polar surface area (TPSA) is 117 Å². The lowest BCUT2D eigenvalue weighted by Gasteiger charge is -2.38. The quantitative estimate of drug-likeness (QED) is 0.541. The summed E-state index contributed by atoms with van der Waals surface area (Å²) in [5, 5.41) is 4.73. The van der Waals surface area contributed by atoms with Crippen molar-refractivity contribution in [3.63, 3.8) is 0 Å². The molecule has 0 radical (unpaired) electrons. The van der Waals surface area contributed by atoms with Gasteiger partial charge in [-0.2, -0.15) is 15.7 Å². The highest BCUT2D eigenvalue weighted by Gasteiger charge is 2.37. The number of aromatic nitrogens is 2. The highest BCUT2D eigenvalue weighted by molar-refractivity contribution is 8.23. The molecular weight excluding hydrogens is 496 g/mol. The van der Waals surface area contributed by atoms with Crippen molar-refractivity contribution in [1.29, 1.82) is 0 Å². The lowest BCUT2D eigenvalue weighted by Crippen LogP contribution is -2.41. The number of carbonyl (C=O) groups excluding carboxylic acids is 2. The fraction of sp³-hybridized carbons (Fsp3) is 0.346. The van der Waals surface area contributed by atoms with Crippen LogP contribution in [0.25, 0.3) is 16.9 Å². The summed E-state index contributed by atoms with van der Waals surface area (Å²) in [7, 11) is -3.15. The van der Waals surface area contributed by atoms with Crippen molar-refractivity contribution in [1.82, 2.24) is 19.6 Å². The number of benzene rings is 2. The van der Waals surface area contributed by atoms with Crippen molar-refractivity contribution >= 4 is 22.4 Å². The Balaban J connectivity index is 1.43. The van der Waals surface area contributed by atoms with Gasteiger partial charge in [0, 0.05) is 42.9 Å². The predicted octanol–water partition coefficient (Wildman–Crippen LogP) is 3.11. The number of rotatable bonds is 3. The Morgan fingerprint density at radius 1 is 0.811 bits per heavy atom. The van der Waals surface area contributed by atoms with Gasteiger partial charge in [0.15, 0.2) is 5.69 Å². The van der Waals surface area contributed by atoms with E-state index in [0.29, 0.717) is 85.6 Å². The molecule has 10 nitrogen and oxygen atoms in total. The molecule has 11 heteroatoms. The highest BCUT2D eigenvalue weighted by Crippen LogP contribution is 2.59. The van der Waals surface area contributed by atoms with Crippen LogP contribution in [-0.2, 0) is 15.2 Å². The third-order valence-electron chi connectivity index (χ3n) is 6.98. The van der Waals surface area contributed by atoms with E-state index in [4.69, 9.17) is 14.6 Å². The van der Waals surface area contributed by atoms with Gasteiger partial charge in [-0.15, -0.1) is 0 Å². The molecule has 0 unspecified atom stereocenters. The normalized spacial score (nSPS) is 19.6. The monoisotopic (exact) mass is 524 g/mol. The van der Waals surface area contributed by atoms with Gasteiger partial charge < -0.3 is 19.3 Å². The van der Waals surface area contributed by atoms with Crippen molar-refractivity contribution < 1.29 is 28.2 Å². The van der Waals surface area contributed by atoms with Gasteiger partial charge >= 0.3 is 0 Å². The van der Waals surface area contributed by atoms with Crippen molar-refractivity contribution in [2.75, 3.05) is 52.6 Å². The van der Waals surface area contributed by atoms with Crippen LogP contribution in [-0.4, -0.2) is 93.1 Å². The summed E-state index contributed by atoms with van der Waals surface area (Å²) in [5.74, 6) is -0.398. The highest BCUT2D eigenvalue weighted by atomic mass is 32.3. The molecule has 2 amide bonds. The molecule has 2 aromatic carbocycles. The first-order valence-corrected chi connectivity index (χ1v) is 14.0. The molecule has 37 heavy (non-hydrogen) atoms. The number of nitrogens with zero attached hydrogens (tertiary/aromatic N) is 4. The van der Waals surface area contributed by atoms with E-state index in [1.165, 1.54) is 0 Å². The zero-order valence-electron chi connectivity index (χ0n) is 20.2. The molecule has 6 rings (SSSR count). The Labute approximate surface area is 215 Å². The van der Waals surface area contributed by atoms with Crippen LogP contribution >= 0.6 is 10.6 Å². The van der Waals surface area contributed by atoms with Crippen LogP contribution in [0.5, 0.6) is 0 Å². The summed E-state index contributed by atoms with van der Waals surface area (Å²) in [6, 6.07) is 14.2. The van der Waals surface area contributed by atoms with Gasteiger partial charge in [-0.05, 0) is 30.3 Å². The smallest absolute Gasteiger partial charge is 0.274 e. The first kappa shape index (κ1) is 24.1. The molecular formula is C26H28N4O6S. The minimum Gasteiger partial charge on any atom is -0.378 e. The summed E-state index contributed by atoms with van der Waals surface area (Å²) < 4.78 is 34.4. The number of amides is 2. The maximum atomic E-state index is 13.5. The molecule has 3 aromatic rings. The Hall–Kier alpha value is -3.22. The summed E-state index contributed by atoms with van der Waals surface area (Å²) in [4.78, 5) is 30.4. The van der Waals surface area contributed by atoms with Gasteiger partial charge in [-0.1, -0.05) is 18.2 Å². The molecule has 0 aliphatic carbocycles. The maximum absolute atomic E-state index is 13.5. The van der Waals surface area contributed by atoms with Gasteiger partial charge in [0.1, 0.15) is 0 Å². The van der Waals surface area contributed by atoms with E-state index < -0.39 is 10.6 Å². The zero-order valence-corrected chi connectivity index (χ0v) is 21.0.